The molecule has 1 aliphatic heterocycles. The fourth-order valence-electron chi connectivity index (χ4n) is 3.18. The topological polar surface area (TPSA) is 51.0 Å². The molecule has 0 saturated heterocycles. The maximum absolute atomic E-state index is 12.8. The van der Waals surface area contributed by atoms with Crippen LogP contribution in [-0.4, -0.2) is 31.9 Å². The Kier molecular flexibility index (Phi) is 4.22. The lowest BCUT2D eigenvalue weighted by molar-refractivity contribution is -0.134. The molecule has 0 aromatic carbocycles. The normalized spacial score (nSPS) is 18.1. The molecule has 2 aromatic heterocycles. The average molecular weight is 298 g/mol. The zero-order valence-corrected chi connectivity index (χ0v) is 13.1. The van der Waals surface area contributed by atoms with Crippen LogP contribution in [0, 0.1) is 5.92 Å². The van der Waals surface area contributed by atoms with Crippen LogP contribution in [0.25, 0.3) is 0 Å². The first kappa shape index (κ1) is 14.8. The molecule has 0 radical (unpaired) electrons. The van der Waals surface area contributed by atoms with Gasteiger partial charge in [0.15, 0.2) is 0 Å². The van der Waals surface area contributed by atoms with E-state index >= 15 is 0 Å². The van der Waals surface area contributed by atoms with Crippen molar-refractivity contribution in [2.75, 3.05) is 6.54 Å². The molecule has 0 saturated carbocycles. The van der Waals surface area contributed by atoms with Crippen LogP contribution in [0.2, 0.25) is 0 Å². The van der Waals surface area contributed by atoms with Crippen LogP contribution in [0.4, 0.5) is 0 Å². The van der Waals surface area contributed by atoms with Crippen LogP contribution >= 0.6 is 0 Å². The van der Waals surface area contributed by atoms with Gasteiger partial charge >= 0.3 is 0 Å². The number of imidazole rings is 1. The van der Waals surface area contributed by atoms with Crippen molar-refractivity contribution in [3.63, 3.8) is 0 Å². The molecule has 2 aromatic rings. The highest BCUT2D eigenvalue weighted by Crippen LogP contribution is 2.30. The molecule has 0 aliphatic carbocycles. The van der Waals surface area contributed by atoms with Crippen molar-refractivity contribution in [1.29, 1.82) is 0 Å². The van der Waals surface area contributed by atoms with Crippen molar-refractivity contribution < 1.29 is 4.79 Å². The van der Waals surface area contributed by atoms with Gasteiger partial charge < -0.3 is 9.47 Å². The number of pyridine rings is 1. The Bertz CT molecular complexity index is 635. The minimum Gasteiger partial charge on any atom is -0.333 e. The SMILES string of the molecule is CC(C)C1c2nccn2CCCN1C(=O)Cc1ccncc1. The van der Waals surface area contributed by atoms with E-state index in [9.17, 15) is 4.79 Å². The highest BCUT2D eigenvalue weighted by Gasteiger charge is 2.32. The van der Waals surface area contributed by atoms with Gasteiger partial charge in [0.2, 0.25) is 5.91 Å². The van der Waals surface area contributed by atoms with Crippen LogP contribution in [-0.2, 0) is 17.8 Å². The maximum atomic E-state index is 12.8. The minimum absolute atomic E-state index is 0.0480. The summed E-state index contributed by atoms with van der Waals surface area (Å²) in [5.41, 5.74) is 1.01. The van der Waals surface area contributed by atoms with E-state index in [-0.39, 0.29) is 11.9 Å². The Balaban J connectivity index is 1.86. The molecule has 3 rings (SSSR count). The summed E-state index contributed by atoms with van der Waals surface area (Å²) in [5.74, 6) is 1.51. The molecule has 116 valence electrons. The number of fused-ring (bicyclic) bond motifs is 1. The Labute approximate surface area is 131 Å². The molecule has 5 heteroatoms. The van der Waals surface area contributed by atoms with Crippen LogP contribution < -0.4 is 0 Å². The van der Waals surface area contributed by atoms with Crippen molar-refractivity contribution in [1.82, 2.24) is 19.4 Å². The van der Waals surface area contributed by atoms with Crippen LogP contribution in [0.15, 0.2) is 36.9 Å². The predicted octanol–water partition coefficient (Wildman–Crippen LogP) is 2.45. The third-order valence-corrected chi connectivity index (χ3v) is 4.20. The summed E-state index contributed by atoms with van der Waals surface area (Å²) in [5, 5.41) is 0. The highest BCUT2D eigenvalue weighted by molar-refractivity contribution is 5.79. The minimum atomic E-state index is 0.0480. The van der Waals surface area contributed by atoms with Crippen molar-refractivity contribution in [3.05, 3.63) is 48.3 Å². The van der Waals surface area contributed by atoms with E-state index in [2.05, 4.69) is 28.4 Å². The molecule has 5 nitrogen and oxygen atoms in total. The van der Waals surface area contributed by atoms with Gasteiger partial charge in [0.05, 0.1) is 12.5 Å². The van der Waals surface area contributed by atoms with E-state index < -0.39 is 0 Å². The van der Waals surface area contributed by atoms with Gasteiger partial charge in [-0.3, -0.25) is 9.78 Å². The second-order valence-electron chi connectivity index (χ2n) is 6.14. The predicted molar refractivity (Wildman–Crippen MR) is 84.1 cm³/mol. The summed E-state index contributed by atoms with van der Waals surface area (Å²) in [4.78, 5) is 23.4. The molecule has 1 atom stereocenters. The van der Waals surface area contributed by atoms with Gasteiger partial charge in [-0.2, -0.15) is 0 Å². The lowest BCUT2D eigenvalue weighted by atomic mass is 10.0. The zero-order valence-electron chi connectivity index (χ0n) is 13.1. The number of hydrogen-bond acceptors (Lipinski definition) is 3. The Hall–Kier alpha value is -2.17. The molecule has 22 heavy (non-hydrogen) atoms. The fourth-order valence-corrected chi connectivity index (χ4v) is 3.18. The molecule has 0 bridgehead atoms. The molecule has 0 fully saturated rings. The quantitative estimate of drug-likeness (QED) is 0.874. The van der Waals surface area contributed by atoms with Crippen LogP contribution in [0.5, 0.6) is 0 Å². The number of nitrogens with zero attached hydrogens (tertiary/aromatic N) is 4. The molecule has 1 amide bonds. The first-order chi connectivity index (χ1) is 10.7. The smallest absolute Gasteiger partial charge is 0.227 e. The first-order valence-electron chi connectivity index (χ1n) is 7.86. The van der Waals surface area contributed by atoms with Crippen molar-refractivity contribution in [2.45, 2.75) is 39.3 Å². The summed E-state index contributed by atoms with van der Waals surface area (Å²) >= 11 is 0. The molecular formula is C17H22N4O. The Morgan fingerprint density at radius 2 is 2.05 bits per heavy atom. The summed E-state index contributed by atoms with van der Waals surface area (Å²) in [6, 6.07) is 3.86. The lowest BCUT2D eigenvalue weighted by Crippen LogP contribution is -2.38. The molecular weight excluding hydrogens is 276 g/mol. The highest BCUT2D eigenvalue weighted by atomic mass is 16.2. The number of hydrogen-bond donors (Lipinski definition) is 0. The first-order valence-corrected chi connectivity index (χ1v) is 7.86. The molecule has 0 spiro atoms. The van der Waals surface area contributed by atoms with Gasteiger partial charge in [-0.25, -0.2) is 4.98 Å². The number of aryl methyl sites for hydroxylation is 1. The second-order valence-corrected chi connectivity index (χ2v) is 6.14. The second kappa shape index (κ2) is 6.30. The van der Waals surface area contributed by atoms with Gasteiger partial charge in [-0.05, 0) is 30.0 Å². The number of carbonyl (C=O) groups excluding carboxylic acids is 1. The van der Waals surface area contributed by atoms with Gasteiger partial charge in [0, 0.05) is 37.9 Å². The molecule has 0 N–H and O–H groups in total. The number of carbonyl (C=O) groups is 1. The summed E-state index contributed by atoms with van der Waals surface area (Å²) < 4.78 is 2.18. The van der Waals surface area contributed by atoms with Crippen LogP contribution in [0.3, 0.4) is 0 Å². The number of aromatic nitrogens is 3. The van der Waals surface area contributed by atoms with Gasteiger partial charge in [-0.1, -0.05) is 13.8 Å². The molecule has 3 heterocycles. The van der Waals surface area contributed by atoms with E-state index in [1.165, 1.54) is 0 Å². The van der Waals surface area contributed by atoms with Crippen molar-refractivity contribution in [2.24, 2.45) is 5.92 Å². The van der Waals surface area contributed by atoms with E-state index in [0.717, 1.165) is 30.9 Å². The number of rotatable bonds is 3. The van der Waals surface area contributed by atoms with E-state index in [0.29, 0.717) is 12.3 Å². The van der Waals surface area contributed by atoms with Crippen LogP contribution in [0.1, 0.15) is 37.7 Å². The molecule has 1 aliphatic rings. The van der Waals surface area contributed by atoms with Gasteiger partial charge in [-0.15, -0.1) is 0 Å². The standard InChI is InChI=1S/C17H22N4O/c1-13(2)16-17-19-8-11-20(17)9-3-10-21(16)15(22)12-14-4-6-18-7-5-14/h4-8,11,13,16H,3,9-10,12H2,1-2H3. The Morgan fingerprint density at radius 1 is 1.27 bits per heavy atom. The van der Waals surface area contributed by atoms with E-state index in [1.54, 1.807) is 12.4 Å². The van der Waals surface area contributed by atoms with E-state index in [1.807, 2.05) is 29.4 Å². The summed E-state index contributed by atoms with van der Waals surface area (Å²) in [7, 11) is 0. The Morgan fingerprint density at radius 3 is 2.77 bits per heavy atom. The molecule has 1 unspecified atom stereocenters. The third-order valence-electron chi connectivity index (χ3n) is 4.20. The summed E-state index contributed by atoms with van der Waals surface area (Å²) in [6.45, 7) is 6.02. The average Bonchev–Trinajstić information content (AvgIpc) is 2.87. The fraction of sp³-hybridized carbons (Fsp3) is 0.471. The summed E-state index contributed by atoms with van der Waals surface area (Å²) in [6.07, 6.45) is 8.71. The largest absolute Gasteiger partial charge is 0.333 e. The van der Waals surface area contributed by atoms with Crippen molar-refractivity contribution >= 4 is 5.91 Å². The van der Waals surface area contributed by atoms with Crippen molar-refractivity contribution in [3.8, 4) is 0 Å². The zero-order chi connectivity index (χ0) is 15.5. The lowest BCUT2D eigenvalue weighted by Gasteiger charge is -2.32. The maximum Gasteiger partial charge on any atom is 0.227 e. The van der Waals surface area contributed by atoms with Gasteiger partial charge in [0.25, 0.3) is 0 Å². The van der Waals surface area contributed by atoms with E-state index in [4.69, 9.17) is 0 Å². The number of amides is 1. The third kappa shape index (κ3) is 2.89. The van der Waals surface area contributed by atoms with Gasteiger partial charge in [0.1, 0.15) is 5.82 Å². The monoisotopic (exact) mass is 298 g/mol.